The summed E-state index contributed by atoms with van der Waals surface area (Å²) in [4.78, 5) is 17.1. The summed E-state index contributed by atoms with van der Waals surface area (Å²) in [7, 11) is -3.86. The van der Waals surface area contributed by atoms with Gasteiger partial charge in [0.15, 0.2) is 15.6 Å². The number of para-hydroxylation sites is 1. The minimum Gasteiger partial charge on any atom is -0.361 e. The number of fused-ring (bicyclic) bond motifs is 1. The van der Waals surface area contributed by atoms with E-state index >= 15 is 0 Å². The average Bonchev–Trinajstić information content (AvgIpc) is 3.43. The fourth-order valence-electron chi connectivity index (χ4n) is 4.32. The van der Waals surface area contributed by atoms with E-state index in [0.717, 1.165) is 27.9 Å². The van der Waals surface area contributed by atoms with E-state index in [9.17, 15) is 13.2 Å². The van der Waals surface area contributed by atoms with Crippen LogP contribution in [0.1, 0.15) is 22.7 Å². The smallest absolute Gasteiger partial charge is 0.187 e. The zero-order valence-corrected chi connectivity index (χ0v) is 20.8. The Balaban J connectivity index is 1.44. The molecule has 0 radical (unpaired) electrons. The minimum atomic E-state index is -3.86. The zero-order valence-electron chi connectivity index (χ0n) is 20.0. The lowest BCUT2D eigenvalue weighted by Gasteiger charge is -2.08. The number of aromatic nitrogens is 3. The van der Waals surface area contributed by atoms with Crippen LogP contribution in [0.2, 0.25) is 0 Å². The first kappa shape index (κ1) is 23.7. The molecule has 0 bridgehead atoms. The number of carbonyl (C=O) groups excluding carboxylic acids is 1. The fraction of sp³-hybridized carbons (Fsp3) is 0.179. The third-order valence-corrected chi connectivity index (χ3v) is 7.72. The lowest BCUT2D eigenvalue weighted by molar-refractivity contribution is -0.116. The summed E-state index contributed by atoms with van der Waals surface area (Å²) in [6.07, 6.45) is 3.39. The standard InChI is InChI=1S/C28H25N3O4S/c1-19-10-11-23(15-29-19)22-7-5-6-21(13-22)16-31-17-28(26-8-3-4-9-27(26)31)36(33,34)18-25(32)14-24-12-20(2)35-30-24/h3-13,15,17H,14,16,18H2,1-2H3. The predicted octanol–water partition coefficient (Wildman–Crippen LogP) is 4.94. The number of benzene rings is 2. The molecule has 5 rings (SSSR count). The van der Waals surface area contributed by atoms with Crippen LogP contribution in [0.5, 0.6) is 0 Å². The van der Waals surface area contributed by atoms with Crippen LogP contribution in [-0.2, 0) is 27.6 Å². The average molecular weight is 500 g/mol. The van der Waals surface area contributed by atoms with Crippen LogP contribution in [0.3, 0.4) is 0 Å². The first-order chi connectivity index (χ1) is 17.3. The van der Waals surface area contributed by atoms with E-state index in [2.05, 4.69) is 16.2 Å². The monoisotopic (exact) mass is 499 g/mol. The van der Waals surface area contributed by atoms with E-state index in [1.165, 1.54) is 0 Å². The molecule has 0 aliphatic carbocycles. The maximum Gasteiger partial charge on any atom is 0.187 e. The van der Waals surface area contributed by atoms with Gasteiger partial charge in [-0.3, -0.25) is 9.78 Å². The molecule has 7 nitrogen and oxygen atoms in total. The molecule has 0 atom stereocenters. The largest absolute Gasteiger partial charge is 0.361 e. The number of nitrogens with zero attached hydrogens (tertiary/aromatic N) is 3. The number of carbonyl (C=O) groups is 1. The Morgan fingerprint density at radius 3 is 2.56 bits per heavy atom. The maximum absolute atomic E-state index is 13.3. The maximum atomic E-state index is 13.3. The zero-order chi connectivity index (χ0) is 25.3. The van der Waals surface area contributed by atoms with Crippen LogP contribution in [0.15, 0.2) is 88.5 Å². The van der Waals surface area contributed by atoms with Gasteiger partial charge in [0, 0.05) is 47.2 Å². The number of ketones is 1. The van der Waals surface area contributed by atoms with Crippen LogP contribution >= 0.6 is 0 Å². The van der Waals surface area contributed by atoms with Crippen molar-refractivity contribution in [2.45, 2.75) is 31.7 Å². The van der Waals surface area contributed by atoms with Crippen molar-refractivity contribution in [1.29, 1.82) is 0 Å². The molecule has 36 heavy (non-hydrogen) atoms. The molecule has 2 aromatic carbocycles. The Morgan fingerprint density at radius 1 is 0.972 bits per heavy atom. The van der Waals surface area contributed by atoms with Crippen molar-refractivity contribution < 1.29 is 17.7 Å². The van der Waals surface area contributed by atoms with Crippen molar-refractivity contribution in [1.82, 2.24) is 14.7 Å². The predicted molar refractivity (Wildman–Crippen MR) is 137 cm³/mol. The van der Waals surface area contributed by atoms with Crippen LogP contribution in [0.25, 0.3) is 22.0 Å². The van der Waals surface area contributed by atoms with Crippen molar-refractivity contribution in [2.24, 2.45) is 0 Å². The number of hydrogen-bond donors (Lipinski definition) is 0. The highest BCUT2D eigenvalue weighted by Gasteiger charge is 2.25. The highest BCUT2D eigenvalue weighted by atomic mass is 32.2. The Bertz CT molecular complexity index is 1660. The van der Waals surface area contributed by atoms with E-state index in [4.69, 9.17) is 4.52 Å². The van der Waals surface area contributed by atoms with Crippen molar-refractivity contribution >= 4 is 26.5 Å². The Kier molecular flexibility index (Phi) is 6.28. The number of sulfone groups is 1. The third-order valence-electron chi connectivity index (χ3n) is 6.02. The molecule has 0 unspecified atom stereocenters. The molecule has 8 heteroatoms. The van der Waals surface area contributed by atoms with Crippen LogP contribution in [0.4, 0.5) is 0 Å². The Hall–Kier alpha value is -4.04. The second-order valence-electron chi connectivity index (χ2n) is 8.93. The molecule has 0 spiro atoms. The second-order valence-corrected chi connectivity index (χ2v) is 10.9. The van der Waals surface area contributed by atoms with Gasteiger partial charge in [-0.1, -0.05) is 47.6 Å². The summed E-state index contributed by atoms with van der Waals surface area (Å²) >= 11 is 0. The SMILES string of the molecule is Cc1ccc(-c2cccc(Cn3cc(S(=O)(=O)CC(=O)Cc4cc(C)on4)c4ccccc43)c2)cn1. The molecular weight excluding hydrogens is 474 g/mol. The first-order valence-electron chi connectivity index (χ1n) is 11.5. The summed E-state index contributed by atoms with van der Waals surface area (Å²) in [5, 5.41) is 4.39. The highest BCUT2D eigenvalue weighted by molar-refractivity contribution is 7.92. The second kappa shape index (κ2) is 9.54. The highest BCUT2D eigenvalue weighted by Crippen LogP contribution is 2.28. The molecule has 3 aromatic heterocycles. The number of hydrogen-bond acceptors (Lipinski definition) is 6. The Morgan fingerprint density at radius 2 is 1.81 bits per heavy atom. The summed E-state index contributed by atoms with van der Waals surface area (Å²) < 4.78 is 33.5. The molecular formula is C28H25N3O4S. The van der Waals surface area contributed by atoms with Crippen LogP contribution < -0.4 is 0 Å². The number of rotatable bonds is 8. The summed E-state index contributed by atoms with van der Waals surface area (Å²) in [5.41, 5.74) is 5.26. The van der Waals surface area contributed by atoms with Crippen molar-refractivity contribution in [3.05, 3.63) is 102 Å². The van der Waals surface area contributed by atoms with Crippen LogP contribution in [0, 0.1) is 13.8 Å². The van der Waals surface area contributed by atoms with Crippen molar-refractivity contribution in [3.8, 4) is 11.1 Å². The number of Topliss-reactive ketones (excluding diaryl/α,β-unsaturated/α-hetero) is 1. The van der Waals surface area contributed by atoms with E-state index in [1.807, 2.05) is 60.2 Å². The first-order valence-corrected chi connectivity index (χ1v) is 13.2. The summed E-state index contributed by atoms with van der Waals surface area (Å²) in [6, 6.07) is 21.1. The quantitative estimate of drug-likeness (QED) is 0.300. The molecule has 0 N–H and O–H groups in total. The molecule has 0 aliphatic heterocycles. The van der Waals surface area contributed by atoms with Crippen molar-refractivity contribution in [2.75, 3.05) is 5.75 Å². The van der Waals surface area contributed by atoms with E-state index < -0.39 is 21.4 Å². The van der Waals surface area contributed by atoms with Gasteiger partial charge in [0.25, 0.3) is 0 Å². The van der Waals surface area contributed by atoms with Gasteiger partial charge in [-0.2, -0.15) is 0 Å². The molecule has 0 saturated carbocycles. The molecule has 0 saturated heterocycles. The van der Waals surface area contributed by atoms with Gasteiger partial charge in [-0.25, -0.2) is 8.42 Å². The summed E-state index contributed by atoms with van der Waals surface area (Å²) in [6.45, 7) is 4.15. The van der Waals surface area contributed by atoms with Gasteiger partial charge in [0.1, 0.15) is 11.5 Å². The van der Waals surface area contributed by atoms with Gasteiger partial charge in [0.2, 0.25) is 0 Å². The number of aryl methyl sites for hydroxylation is 2. The van der Waals surface area contributed by atoms with Gasteiger partial charge in [0.05, 0.1) is 17.0 Å². The molecule has 5 aromatic rings. The lowest BCUT2D eigenvalue weighted by atomic mass is 10.0. The summed E-state index contributed by atoms with van der Waals surface area (Å²) in [5.74, 6) is -0.450. The minimum absolute atomic E-state index is 0.0874. The van der Waals surface area contributed by atoms with Gasteiger partial charge < -0.3 is 9.09 Å². The lowest BCUT2D eigenvalue weighted by Crippen LogP contribution is -2.18. The van der Waals surface area contributed by atoms with E-state index in [-0.39, 0.29) is 11.3 Å². The van der Waals surface area contributed by atoms with Gasteiger partial charge in [-0.05, 0) is 43.2 Å². The molecule has 0 fully saturated rings. The molecule has 3 heterocycles. The van der Waals surface area contributed by atoms with E-state index in [1.54, 1.807) is 31.3 Å². The normalized spacial score (nSPS) is 11.7. The van der Waals surface area contributed by atoms with Crippen molar-refractivity contribution in [3.63, 3.8) is 0 Å². The fourth-order valence-corrected chi connectivity index (χ4v) is 5.80. The van der Waals surface area contributed by atoms with Gasteiger partial charge >= 0.3 is 0 Å². The Labute approximate surface area is 209 Å². The molecule has 0 aliphatic rings. The number of pyridine rings is 1. The topological polar surface area (TPSA) is 95.1 Å². The molecule has 0 amide bonds. The molecule has 182 valence electrons. The third kappa shape index (κ3) is 4.99. The van der Waals surface area contributed by atoms with E-state index in [0.29, 0.717) is 23.4 Å². The van der Waals surface area contributed by atoms with Crippen LogP contribution in [-0.4, -0.2) is 34.7 Å². The van der Waals surface area contributed by atoms with Gasteiger partial charge in [-0.15, -0.1) is 0 Å².